The maximum absolute atomic E-state index is 6.33. The zero-order valence-corrected chi connectivity index (χ0v) is 19.9. The Balaban J connectivity index is 1.43. The topological polar surface area (TPSA) is 65.5 Å². The summed E-state index contributed by atoms with van der Waals surface area (Å²) >= 11 is 6.33. The molecule has 6 nitrogen and oxygen atoms in total. The molecule has 1 aliphatic carbocycles. The zero-order chi connectivity index (χ0) is 23.5. The summed E-state index contributed by atoms with van der Waals surface area (Å²) in [4.78, 5) is 0. The van der Waals surface area contributed by atoms with Crippen LogP contribution in [0.2, 0.25) is 5.02 Å². The Labute approximate surface area is 203 Å². The van der Waals surface area contributed by atoms with E-state index < -0.39 is 0 Å². The lowest BCUT2D eigenvalue weighted by atomic mass is 9.95. The van der Waals surface area contributed by atoms with E-state index in [-0.39, 0.29) is 6.10 Å². The van der Waals surface area contributed by atoms with Crippen LogP contribution in [0.4, 0.5) is 5.69 Å². The van der Waals surface area contributed by atoms with Crippen molar-refractivity contribution in [2.45, 2.75) is 31.9 Å². The van der Waals surface area contributed by atoms with Crippen LogP contribution in [0.5, 0.6) is 17.2 Å². The summed E-state index contributed by atoms with van der Waals surface area (Å²) < 4.78 is 17.0. The van der Waals surface area contributed by atoms with Crippen molar-refractivity contribution in [3.63, 3.8) is 0 Å². The van der Waals surface area contributed by atoms with Crippen molar-refractivity contribution in [2.75, 3.05) is 19.5 Å². The van der Waals surface area contributed by atoms with Gasteiger partial charge in [0.25, 0.3) is 0 Å². The zero-order valence-electron chi connectivity index (χ0n) is 19.2. The molecule has 0 atom stereocenters. The predicted octanol–water partition coefficient (Wildman–Crippen LogP) is 6.51. The summed E-state index contributed by atoms with van der Waals surface area (Å²) in [6, 6.07) is 17.7. The van der Waals surface area contributed by atoms with Gasteiger partial charge < -0.3 is 19.5 Å². The number of fused-ring (bicyclic) bond motifs is 1. The lowest BCUT2D eigenvalue weighted by Gasteiger charge is -2.27. The molecule has 3 aromatic carbocycles. The van der Waals surface area contributed by atoms with Gasteiger partial charge in [-0.3, -0.25) is 0 Å². The molecule has 5 rings (SSSR count). The van der Waals surface area contributed by atoms with Crippen LogP contribution in [0, 0.1) is 0 Å². The number of aromatic nitrogens is 2. The van der Waals surface area contributed by atoms with Crippen molar-refractivity contribution < 1.29 is 14.2 Å². The highest BCUT2D eigenvalue weighted by Crippen LogP contribution is 2.37. The molecular weight excluding hydrogens is 450 g/mol. The SMILES string of the molecule is COc1ccc(CNc2cnnc3cc(-c4cc(Cl)ccc4OC4CCC4)ccc23)c(OC)c1. The number of hydrogen-bond donors (Lipinski definition) is 1. The standard InChI is InChI=1S/C27H26ClN3O3/c1-32-21-9-6-18(27(14-21)33-2)15-29-25-16-30-31-24-12-17(7-10-22(24)25)23-13-19(28)8-11-26(23)34-20-4-3-5-20/h6-14,16,20H,3-5,15H2,1-2H3,(H,29,31). The van der Waals surface area contributed by atoms with Crippen LogP contribution in [0.15, 0.2) is 60.8 Å². The quantitative estimate of drug-likeness (QED) is 0.313. The molecule has 4 aromatic rings. The van der Waals surface area contributed by atoms with Gasteiger partial charge in [0.2, 0.25) is 0 Å². The molecule has 0 aliphatic heterocycles. The molecule has 0 radical (unpaired) electrons. The number of ether oxygens (including phenoxy) is 3. The van der Waals surface area contributed by atoms with Gasteiger partial charge in [0.05, 0.1) is 37.7 Å². The van der Waals surface area contributed by atoms with Gasteiger partial charge in [-0.2, -0.15) is 10.2 Å². The highest BCUT2D eigenvalue weighted by Gasteiger charge is 2.21. The van der Waals surface area contributed by atoms with E-state index in [1.165, 1.54) is 6.42 Å². The first-order chi connectivity index (χ1) is 16.6. The number of rotatable bonds is 8. The third-order valence-electron chi connectivity index (χ3n) is 6.20. The molecular formula is C27H26ClN3O3. The average Bonchev–Trinajstić information content (AvgIpc) is 2.85. The third-order valence-corrected chi connectivity index (χ3v) is 6.44. The summed E-state index contributed by atoms with van der Waals surface area (Å²) in [7, 11) is 3.30. The van der Waals surface area contributed by atoms with Crippen LogP contribution in [-0.4, -0.2) is 30.5 Å². The number of hydrogen-bond acceptors (Lipinski definition) is 6. The molecule has 1 saturated carbocycles. The molecule has 0 bridgehead atoms. The van der Waals surface area contributed by atoms with E-state index >= 15 is 0 Å². The number of nitrogens with one attached hydrogen (secondary N) is 1. The molecule has 0 unspecified atom stereocenters. The van der Waals surface area contributed by atoms with E-state index in [1.54, 1.807) is 20.4 Å². The summed E-state index contributed by atoms with van der Waals surface area (Å²) in [5.74, 6) is 2.37. The van der Waals surface area contributed by atoms with E-state index in [9.17, 15) is 0 Å². The van der Waals surface area contributed by atoms with E-state index in [0.717, 1.165) is 63.4 Å². The fraction of sp³-hybridized carbons (Fsp3) is 0.259. The Bertz CT molecular complexity index is 1320. The van der Waals surface area contributed by atoms with E-state index in [0.29, 0.717) is 11.6 Å². The van der Waals surface area contributed by atoms with Gasteiger partial charge in [-0.15, -0.1) is 0 Å². The second kappa shape index (κ2) is 9.77. The second-order valence-corrected chi connectivity index (χ2v) is 8.77. The van der Waals surface area contributed by atoms with Crippen LogP contribution < -0.4 is 19.5 Å². The fourth-order valence-corrected chi connectivity index (χ4v) is 4.23. The van der Waals surface area contributed by atoms with Crippen LogP contribution in [0.1, 0.15) is 24.8 Å². The fourth-order valence-electron chi connectivity index (χ4n) is 4.06. The Hall–Kier alpha value is -3.51. The van der Waals surface area contributed by atoms with Crippen LogP contribution in [0.3, 0.4) is 0 Å². The normalized spacial score (nSPS) is 13.4. The highest BCUT2D eigenvalue weighted by atomic mass is 35.5. The molecule has 174 valence electrons. The Morgan fingerprint density at radius 2 is 1.85 bits per heavy atom. The number of halogens is 1. The van der Waals surface area contributed by atoms with Crippen LogP contribution >= 0.6 is 11.6 Å². The minimum Gasteiger partial charge on any atom is -0.497 e. The van der Waals surface area contributed by atoms with E-state index in [4.69, 9.17) is 25.8 Å². The monoisotopic (exact) mass is 475 g/mol. The molecule has 34 heavy (non-hydrogen) atoms. The van der Waals surface area contributed by atoms with Gasteiger partial charge in [0.15, 0.2) is 0 Å². The first kappa shape index (κ1) is 22.3. The van der Waals surface area contributed by atoms with E-state index in [2.05, 4.69) is 27.6 Å². The smallest absolute Gasteiger partial charge is 0.127 e. The van der Waals surface area contributed by atoms with Crippen molar-refractivity contribution in [3.8, 4) is 28.4 Å². The van der Waals surface area contributed by atoms with Crippen LogP contribution in [-0.2, 0) is 6.54 Å². The van der Waals surface area contributed by atoms with Gasteiger partial charge in [0.1, 0.15) is 17.2 Å². The lowest BCUT2D eigenvalue weighted by molar-refractivity contribution is 0.121. The molecule has 0 saturated heterocycles. The number of nitrogens with zero attached hydrogens (tertiary/aromatic N) is 2. The molecule has 0 spiro atoms. The first-order valence-electron chi connectivity index (χ1n) is 11.3. The van der Waals surface area contributed by atoms with Gasteiger partial charge >= 0.3 is 0 Å². The molecule has 0 amide bonds. The Morgan fingerprint density at radius 3 is 2.62 bits per heavy atom. The van der Waals surface area contributed by atoms with Crippen molar-refractivity contribution in [3.05, 3.63) is 71.4 Å². The highest BCUT2D eigenvalue weighted by molar-refractivity contribution is 6.31. The number of methoxy groups -OCH3 is 2. The minimum absolute atomic E-state index is 0.283. The number of benzene rings is 3. The average molecular weight is 476 g/mol. The molecule has 1 N–H and O–H groups in total. The number of anilines is 1. The largest absolute Gasteiger partial charge is 0.497 e. The summed E-state index contributed by atoms with van der Waals surface area (Å²) in [5, 5.41) is 13.7. The van der Waals surface area contributed by atoms with Crippen molar-refractivity contribution >= 4 is 28.2 Å². The molecule has 1 aromatic heterocycles. The predicted molar refractivity (Wildman–Crippen MR) is 135 cm³/mol. The maximum Gasteiger partial charge on any atom is 0.127 e. The van der Waals surface area contributed by atoms with Gasteiger partial charge in [0, 0.05) is 34.1 Å². The lowest BCUT2D eigenvalue weighted by Crippen LogP contribution is -2.24. The van der Waals surface area contributed by atoms with Crippen molar-refractivity contribution in [1.82, 2.24) is 10.2 Å². The molecule has 1 heterocycles. The first-order valence-corrected chi connectivity index (χ1v) is 11.7. The summed E-state index contributed by atoms with van der Waals surface area (Å²) in [5.41, 5.74) is 4.66. The Morgan fingerprint density at radius 1 is 0.971 bits per heavy atom. The van der Waals surface area contributed by atoms with Crippen molar-refractivity contribution in [1.29, 1.82) is 0 Å². The summed E-state index contributed by atoms with van der Waals surface area (Å²) in [6.45, 7) is 0.573. The van der Waals surface area contributed by atoms with Gasteiger partial charge in [-0.1, -0.05) is 17.7 Å². The van der Waals surface area contributed by atoms with Crippen molar-refractivity contribution in [2.24, 2.45) is 0 Å². The van der Waals surface area contributed by atoms with Crippen LogP contribution in [0.25, 0.3) is 22.0 Å². The maximum atomic E-state index is 6.33. The molecule has 1 fully saturated rings. The third kappa shape index (κ3) is 4.59. The molecule has 7 heteroatoms. The van der Waals surface area contributed by atoms with Gasteiger partial charge in [-0.05, 0) is 67.3 Å². The summed E-state index contributed by atoms with van der Waals surface area (Å²) in [6.07, 6.45) is 5.43. The van der Waals surface area contributed by atoms with Gasteiger partial charge in [-0.25, -0.2) is 0 Å². The molecule has 1 aliphatic rings. The Kier molecular flexibility index (Phi) is 6.41. The second-order valence-electron chi connectivity index (χ2n) is 8.33. The minimum atomic E-state index is 0.283. The van der Waals surface area contributed by atoms with E-state index in [1.807, 2.05) is 42.5 Å².